The Hall–Kier alpha value is -1.90. The second-order valence-corrected chi connectivity index (χ2v) is 7.39. The quantitative estimate of drug-likeness (QED) is 0.765. The Morgan fingerprint density at radius 1 is 1.15 bits per heavy atom. The molecule has 0 radical (unpaired) electrons. The van der Waals surface area contributed by atoms with Gasteiger partial charge >= 0.3 is 7.12 Å². The van der Waals surface area contributed by atoms with Gasteiger partial charge in [-0.2, -0.15) is 9.78 Å². The molecule has 0 unspecified atom stereocenters. The number of halogens is 2. The Labute approximate surface area is 156 Å². The van der Waals surface area contributed by atoms with Crippen LogP contribution in [0.25, 0.3) is 5.69 Å². The predicted octanol–water partition coefficient (Wildman–Crippen LogP) is 2.33. The maximum atomic E-state index is 14.4. The highest BCUT2D eigenvalue weighted by atomic mass is 35.5. The number of ether oxygens (including phenoxy) is 1. The van der Waals surface area contributed by atoms with Gasteiger partial charge in [-0.15, -0.1) is 0 Å². The van der Waals surface area contributed by atoms with E-state index >= 15 is 0 Å². The molecule has 9 heteroatoms. The number of hydrogen-bond acceptors (Lipinski definition) is 5. The Balaban J connectivity index is 2.10. The van der Waals surface area contributed by atoms with Crippen molar-refractivity contribution in [2.45, 2.75) is 38.9 Å². The highest BCUT2D eigenvalue weighted by molar-refractivity contribution is 6.61. The molecule has 1 aromatic carbocycles. The maximum absolute atomic E-state index is 14.4. The summed E-state index contributed by atoms with van der Waals surface area (Å²) in [4.78, 5) is 12.3. The summed E-state index contributed by atoms with van der Waals surface area (Å²) >= 11 is 6.20. The molecule has 138 valence electrons. The summed E-state index contributed by atoms with van der Waals surface area (Å²) in [5, 5.41) is 4.18. The first kappa shape index (κ1) is 18.9. The maximum Gasteiger partial charge on any atom is 0.516 e. The van der Waals surface area contributed by atoms with Crippen LogP contribution < -0.4 is 15.9 Å². The van der Waals surface area contributed by atoms with Crippen LogP contribution in [-0.4, -0.2) is 35.2 Å². The van der Waals surface area contributed by atoms with E-state index in [1.54, 1.807) is 0 Å². The third-order valence-electron chi connectivity index (χ3n) is 4.78. The Morgan fingerprint density at radius 3 is 2.35 bits per heavy atom. The molecular formula is C17H19BClFN2O4. The molecule has 1 fully saturated rings. The second-order valence-electron chi connectivity index (χ2n) is 7.01. The first-order chi connectivity index (χ1) is 12.1. The van der Waals surface area contributed by atoms with Gasteiger partial charge in [0.15, 0.2) is 5.82 Å². The lowest BCUT2D eigenvalue weighted by Gasteiger charge is -2.32. The van der Waals surface area contributed by atoms with Crippen LogP contribution in [0.4, 0.5) is 4.39 Å². The zero-order chi connectivity index (χ0) is 19.3. The first-order valence-corrected chi connectivity index (χ1v) is 8.43. The van der Waals surface area contributed by atoms with E-state index in [0.717, 1.165) is 10.7 Å². The van der Waals surface area contributed by atoms with E-state index in [9.17, 15) is 9.18 Å². The van der Waals surface area contributed by atoms with E-state index in [0.29, 0.717) is 5.59 Å². The number of rotatable bonds is 3. The summed E-state index contributed by atoms with van der Waals surface area (Å²) in [5.41, 5.74) is -1.53. The van der Waals surface area contributed by atoms with Crippen molar-refractivity contribution in [2.24, 2.45) is 0 Å². The Morgan fingerprint density at radius 2 is 1.77 bits per heavy atom. The molecule has 0 bridgehead atoms. The third-order valence-corrected chi connectivity index (χ3v) is 5.14. The lowest BCUT2D eigenvalue weighted by atomic mass is 9.85. The van der Waals surface area contributed by atoms with Gasteiger partial charge in [-0.1, -0.05) is 11.6 Å². The van der Waals surface area contributed by atoms with Gasteiger partial charge in [0.2, 0.25) is 0 Å². The van der Waals surface area contributed by atoms with Crippen molar-refractivity contribution in [3.63, 3.8) is 0 Å². The van der Waals surface area contributed by atoms with Crippen molar-refractivity contribution in [1.82, 2.24) is 9.78 Å². The average molecular weight is 381 g/mol. The van der Waals surface area contributed by atoms with Gasteiger partial charge in [-0.25, -0.2) is 4.39 Å². The standard InChI is InChI=1S/C17H19BClFN2O4/c1-16(2)17(3,4)26-18(25-16)12-8-9-13(23)22(21-12)15-10(20)6-7-11(24-5)14(15)19/h6-9H,1-5H3. The van der Waals surface area contributed by atoms with Crippen LogP contribution in [0, 0.1) is 5.82 Å². The SMILES string of the molecule is COc1ccc(F)c(-n2nc(B3OC(C)(C)C(C)(C)O3)ccc2=O)c1Cl. The van der Waals surface area contributed by atoms with Crippen LogP contribution in [0.2, 0.25) is 5.02 Å². The van der Waals surface area contributed by atoms with Gasteiger partial charge in [0.25, 0.3) is 5.56 Å². The molecule has 1 saturated heterocycles. The summed E-state index contributed by atoms with van der Waals surface area (Å²) in [7, 11) is 0.610. The van der Waals surface area contributed by atoms with E-state index in [1.165, 1.54) is 25.3 Å². The summed E-state index contributed by atoms with van der Waals surface area (Å²) in [6.45, 7) is 7.62. The zero-order valence-corrected chi connectivity index (χ0v) is 15.9. The van der Waals surface area contributed by atoms with Crippen LogP contribution in [0.1, 0.15) is 27.7 Å². The fourth-order valence-electron chi connectivity index (χ4n) is 2.55. The van der Waals surface area contributed by atoms with Gasteiger partial charge in [-0.05, 0) is 45.9 Å². The highest BCUT2D eigenvalue weighted by Crippen LogP contribution is 2.36. The van der Waals surface area contributed by atoms with Crippen molar-refractivity contribution in [1.29, 1.82) is 0 Å². The minimum Gasteiger partial charge on any atom is -0.495 e. The molecule has 2 aromatic rings. The number of methoxy groups -OCH3 is 1. The summed E-state index contributed by atoms with van der Waals surface area (Å²) in [5.74, 6) is -0.464. The van der Waals surface area contributed by atoms with E-state index < -0.39 is 29.7 Å². The minimum absolute atomic E-state index is 0.0480. The largest absolute Gasteiger partial charge is 0.516 e. The smallest absolute Gasteiger partial charge is 0.495 e. The molecule has 2 heterocycles. The van der Waals surface area contributed by atoms with Crippen molar-refractivity contribution < 1.29 is 18.4 Å². The van der Waals surface area contributed by atoms with Crippen LogP contribution >= 0.6 is 11.6 Å². The first-order valence-electron chi connectivity index (χ1n) is 8.05. The average Bonchev–Trinajstić information content (AvgIpc) is 2.77. The lowest BCUT2D eigenvalue weighted by molar-refractivity contribution is 0.00578. The number of aromatic nitrogens is 2. The van der Waals surface area contributed by atoms with Gasteiger partial charge < -0.3 is 14.0 Å². The minimum atomic E-state index is -0.792. The number of hydrogen-bond donors (Lipinski definition) is 0. The van der Waals surface area contributed by atoms with Gasteiger partial charge in [-0.3, -0.25) is 4.79 Å². The number of nitrogens with zero attached hydrogens (tertiary/aromatic N) is 2. The molecule has 26 heavy (non-hydrogen) atoms. The van der Waals surface area contributed by atoms with Crippen LogP contribution in [-0.2, 0) is 9.31 Å². The predicted molar refractivity (Wildman–Crippen MR) is 97.1 cm³/mol. The molecule has 0 atom stereocenters. The summed E-state index contributed by atoms with van der Waals surface area (Å²) in [6.07, 6.45) is 0. The molecule has 0 saturated carbocycles. The Bertz CT molecular complexity index is 900. The van der Waals surface area contributed by atoms with E-state index in [1.807, 2.05) is 27.7 Å². The lowest BCUT2D eigenvalue weighted by Crippen LogP contribution is -2.41. The van der Waals surface area contributed by atoms with Crippen LogP contribution in [0.15, 0.2) is 29.1 Å². The molecular weight excluding hydrogens is 361 g/mol. The molecule has 1 aliphatic heterocycles. The van der Waals surface area contributed by atoms with Crippen molar-refractivity contribution in [3.8, 4) is 11.4 Å². The third kappa shape index (κ3) is 3.02. The van der Waals surface area contributed by atoms with E-state index in [-0.39, 0.29) is 16.5 Å². The fraction of sp³-hybridized carbons (Fsp3) is 0.412. The van der Waals surface area contributed by atoms with E-state index in [2.05, 4.69) is 5.10 Å². The van der Waals surface area contributed by atoms with Crippen molar-refractivity contribution in [2.75, 3.05) is 7.11 Å². The topological polar surface area (TPSA) is 62.6 Å². The van der Waals surface area contributed by atoms with Crippen molar-refractivity contribution in [3.05, 3.63) is 45.5 Å². The molecule has 1 aromatic heterocycles. The van der Waals surface area contributed by atoms with Gasteiger partial charge in [0.05, 0.1) is 23.9 Å². The molecule has 0 amide bonds. The van der Waals surface area contributed by atoms with E-state index in [4.69, 9.17) is 25.6 Å². The summed E-state index contributed by atoms with van der Waals surface area (Å²) < 4.78 is 32.2. The van der Waals surface area contributed by atoms with Crippen LogP contribution in [0.3, 0.4) is 0 Å². The van der Waals surface area contributed by atoms with Gasteiger partial charge in [0.1, 0.15) is 16.5 Å². The van der Waals surface area contributed by atoms with Crippen molar-refractivity contribution >= 4 is 24.3 Å². The normalized spacial score (nSPS) is 18.2. The molecule has 0 N–H and O–H groups in total. The fourth-order valence-corrected chi connectivity index (χ4v) is 2.86. The molecule has 1 aliphatic rings. The molecule has 6 nitrogen and oxygen atoms in total. The zero-order valence-electron chi connectivity index (χ0n) is 15.2. The van der Waals surface area contributed by atoms with Gasteiger partial charge in [0, 0.05) is 6.07 Å². The van der Waals surface area contributed by atoms with Crippen LogP contribution in [0.5, 0.6) is 5.75 Å². The Kier molecular flexibility index (Phi) is 4.63. The number of benzene rings is 1. The monoisotopic (exact) mass is 380 g/mol. The molecule has 0 spiro atoms. The molecule has 0 aliphatic carbocycles. The highest BCUT2D eigenvalue weighted by Gasteiger charge is 2.52. The second kappa shape index (κ2) is 6.37. The molecule has 3 rings (SSSR count). The summed E-state index contributed by atoms with van der Waals surface area (Å²) in [6, 6.07) is 5.30.